The lowest BCUT2D eigenvalue weighted by Crippen LogP contribution is -2.39. The third-order valence-corrected chi connectivity index (χ3v) is 2.34. The number of para-hydroxylation sites is 1. The molecule has 1 fully saturated rings. The van der Waals surface area contributed by atoms with Gasteiger partial charge in [-0.1, -0.05) is 12.1 Å². The maximum atomic E-state index is 13.5. The fourth-order valence-electron chi connectivity index (χ4n) is 1.65. The molecule has 1 atom stereocenters. The van der Waals surface area contributed by atoms with Gasteiger partial charge in [0.25, 0.3) is 0 Å². The smallest absolute Gasteiger partial charge is 0.245 e. The number of halogens is 1. The zero-order valence-electron chi connectivity index (χ0n) is 8.94. The fraction of sp³-hybridized carbons (Fsp3) is 0.364. The van der Waals surface area contributed by atoms with E-state index in [1.807, 2.05) is 6.92 Å². The van der Waals surface area contributed by atoms with Crippen molar-refractivity contribution in [1.29, 1.82) is 0 Å². The zero-order chi connectivity index (χ0) is 11.5. The number of hydrazine groups is 1. The Labute approximate surface area is 93.0 Å². The Bertz CT molecular complexity index is 397. The Hall–Kier alpha value is -1.46. The van der Waals surface area contributed by atoms with E-state index in [-0.39, 0.29) is 24.2 Å². The SMILES string of the molecule is CCOC1CC(=O)N(c2ccccc2F)N1. The lowest BCUT2D eigenvalue weighted by atomic mass is 10.3. The van der Waals surface area contributed by atoms with Gasteiger partial charge in [-0.3, -0.25) is 4.79 Å². The number of nitrogens with zero attached hydrogens (tertiary/aromatic N) is 1. The molecule has 1 aliphatic heterocycles. The minimum atomic E-state index is -0.430. The zero-order valence-corrected chi connectivity index (χ0v) is 8.94. The van der Waals surface area contributed by atoms with E-state index in [2.05, 4.69) is 5.43 Å². The molecule has 86 valence electrons. The van der Waals surface area contributed by atoms with Crippen molar-refractivity contribution < 1.29 is 13.9 Å². The van der Waals surface area contributed by atoms with Crippen molar-refractivity contribution in [2.75, 3.05) is 11.6 Å². The van der Waals surface area contributed by atoms with Crippen LogP contribution in [0.3, 0.4) is 0 Å². The van der Waals surface area contributed by atoms with Gasteiger partial charge in [-0.15, -0.1) is 0 Å². The van der Waals surface area contributed by atoms with E-state index >= 15 is 0 Å². The molecule has 4 nitrogen and oxygen atoms in total. The summed E-state index contributed by atoms with van der Waals surface area (Å²) in [6.07, 6.45) is -0.139. The number of rotatable bonds is 3. The molecule has 0 saturated carbocycles. The van der Waals surface area contributed by atoms with E-state index in [1.165, 1.54) is 11.1 Å². The number of hydrogen-bond acceptors (Lipinski definition) is 3. The molecule has 1 heterocycles. The van der Waals surface area contributed by atoms with Crippen LogP contribution in [0.25, 0.3) is 0 Å². The van der Waals surface area contributed by atoms with E-state index in [9.17, 15) is 9.18 Å². The Morgan fingerprint density at radius 1 is 1.56 bits per heavy atom. The molecule has 1 saturated heterocycles. The molecule has 0 radical (unpaired) electrons. The second-order valence-corrected chi connectivity index (χ2v) is 3.46. The molecule has 1 aliphatic rings. The summed E-state index contributed by atoms with van der Waals surface area (Å²) in [6, 6.07) is 6.13. The fourth-order valence-corrected chi connectivity index (χ4v) is 1.65. The van der Waals surface area contributed by atoms with Crippen LogP contribution >= 0.6 is 0 Å². The van der Waals surface area contributed by atoms with E-state index in [1.54, 1.807) is 18.2 Å². The van der Waals surface area contributed by atoms with Gasteiger partial charge in [0, 0.05) is 6.61 Å². The van der Waals surface area contributed by atoms with Gasteiger partial charge in [0.2, 0.25) is 5.91 Å². The van der Waals surface area contributed by atoms with Crippen LogP contribution in [0.5, 0.6) is 0 Å². The summed E-state index contributed by atoms with van der Waals surface area (Å²) in [4.78, 5) is 11.6. The predicted molar refractivity (Wildman–Crippen MR) is 57.1 cm³/mol. The van der Waals surface area contributed by atoms with Gasteiger partial charge in [0.15, 0.2) is 0 Å². The summed E-state index contributed by atoms with van der Waals surface area (Å²) in [5.41, 5.74) is 3.05. The van der Waals surface area contributed by atoms with Crippen LogP contribution in [0.1, 0.15) is 13.3 Å². The van der Waals surface area contributed by atoms with Crippen molar-refractivity contribution >= 4 is 11.6 Å². The van der Waals surface area contributed by atoms with Gasteiger partial charge in [-0.05, 0) is 19.1 Å². The van der Waals surface area contributed by atoms with E-state index in [0.717, 1.165) is 0 Å². The summed E-state index contributed by atoms with van der Waals surface area (Å²) in [6.45, 7) is 2.36. The molecule has 5 heteroatoms. The minimum Gasteiger partial charge on any atom is -0.361 e. The predicted octanol–water partition coefficient (Wildman–Crippen LogP) is 1.43. The maximum absolute atomic E-state index is 13.5. The Morgan fingerprint density at radius 3 is 3.00 bits per heavy atom. The monoisotopic (exact) mass is 224 g/mol. The second-order valence-electron chi connectivity index (χ2n) is 3.46. The molecule has 1 N–H and O–H groups in total. The highest BCUT2D eigenvalue weighted by molar-refractivity contribution is 5.94. The van der Waals surface area contributed by atoms with Crippen LogP contribution in [0.15, 0.2) is 24.3 Å². The average Bonchev–Trinajstić information content (AvgIpc) is 2.61. The number of benzene rings is 1. The molecule has 0 aromatic heterocycles. The van der Waals surface area contributed by atoms with Crippen molar-refractivity contribution in [3.63, 3.8) is 0 Å². The van der Waals surface area contributed by atoms with Gasteiger partial charge in [-0.25, -0.2) is 9.40 Å². The number of hydrogen-bond donors (Lipinski definition) is 1. The third-order valence-electron chi connectivity index (χ3n) is 2.34. The quantitative estimate of drug-likeness (QED) is 0.844. The van der Waals surface area contributed by atoms with E-state index in [0.29, 0.717) is 6.61 Å². The molecule has 16 heavy (non-hydrogen) atoms. The summed E-state index contributed by atoms with van der Waals surface area (Å²) in [5.74, 6) is -0.621. The highest BCUT2D eigenvalue weighted by Crippen LogP contribution is 2.22. The van der Waals surface area contributed by atoms with E-state index in [4.69, 9.17) is 4.74 Å². The van der Waals surface area contributed by atoms with Crippen LogP contribution in [0.4, 0.5) is 10.1 Å². The summed E-state index contributed by atoms with van der Waals surface area (Å²) >= 11 is 0. The maximum Gasteiger partial charge on any atom is 0.245 e. The standard InChI is InChI=1S/C11H13FN2O2/c1-2-16-10-7-11(15)14(13-10)9-6-4-3-5-8(9)12/h3-6,10,13H,2,7H2,1H3. The topological polar surface area (TPSA) is 41.6 Å². The first-order chi connectivity index (χ1) is 7.72. The molecule has 1 aromatic rings. The third kappa shape index (κ3) is 2.05. The van der Waals surface area contributed by atoms with Crippen molar-refractivity contribution in [3.8, 4) is 0 Å². The van der Waals surface area contributed by atoms with Crippen molar-refractivity contribution in [2.24, 2.45) is 0 Å². The number of carbonyl (C=O) groups is 1. The number of nitrogens with one attached hydrogen (secondary N) is 1. The highest BCUT2D eigenvalue weighted by Gasteiger charge is 2.31. The Kier molecular flexibility index (Phi) is 3.17. The average molecular weight is 224 g/mol. The molecule has 1 amide bonds. The first kappa shape index (κ1) is 11.0. The molecule has 0 bridgehead atoms. The normalized spacial score (nSPS) is 20.5. The van der Waals surface area contributed by atoms with Crippen LogP contribution < -0.4 is 10.4 Å². The number of carbonyl (C=O) groups excluding carboxylic acids is 1. The van der Waals surface area contributed by atoms with E-state index < -0.39 is 5.82 Å². The Balaban J connectivity index is 2.17. The van der Waals surface area contributed by atoms with Crippen LogP contribution in [-0.2, 0) is 9.53 Å². The van der Waals surface area contributed by atoms with Crippen molar-refractivity contribution in [3.05, 3.63) is 30.1 Å². The molecule has 1 aromatic carbocycles. The van der Waals surface area contributed by atoms with Gasteiger partial charge in [-0.2, -0.15) is 5.43 Å². The minimum absolute atomic E-state index is 0.191. The summed E-state index contributed by atoms with van der Waals surface area (Å²) in [5, 5.41) is 1.20. The molecular weight excluding hydrogens is 211 g/mol. The van der Waals surface area contributed by atoms with Gasteiger partial charge in [0.05, 0.1) is 12.1 Å². The van der Waals surface area contributed by atoms with Gasteiger partial charge in [0.1, 0.15) is 12.0 Å². The Morgan fingerprint density at radius 2 is 2.31 bits per heavy atom. The van der Waals surface area contributed by atoms with Crippen molar-refractivity contribution in [2.45, 2.75) is 19.6 Å². The van der Waals surface area contributed by atoms with Crippen LogP contribution in [-0.4, -0.2) is 18.7 Å². The lowest BCUT2D eigenvalue weighted by Gasteiger charge is -2.18. The number of ether oxygens (including phenoxy) is 1. The molecule has 1 unspecified atom stereocenters. The second kappa shape index (κ2) is 4.59. The molecular formula is C11H13FN2O2. The van der Waals surface area contributed by atoms with Crippen LogP contribution in [0, 0.1) is 5.82 Å². The van der Waals surface area contributed by atoms with Gasteiger partial charge < -0.3 is 4.74 Å². The van der Waals surface area contributed by atoms with Crippen molar-refractivity contribution in [1.82, 2.24) is 5.43 Å². The summed E-state index contributed by atoms with van der Waals surface area (Å²) < 4.78 is 18.7. The first-order valence-electron chi connectivity index (χ1n) is 5.17. The highest BCUT2D eigenvalue weighted by atomic mass is 19.1. The van der Waals surface area contributed by atoms with Gasteiger partial charge >= 0.3 is 0 Å². The number of amides is 1. The first-order valence-corrected chi connectivity index (χ1v) is 5.17. The molecule has 0 spiro atoms. The largest absolute Gasteiger partial charge is 0.361 e. The molecule has 2 rings (SSSR count). The lowest BCUT2D eigenvalue weighted by molar-refractivity contribution is -0.118. The molecule has 0 aliphatic carbocycles. The summed E-state index contributed by atoms with van der Waals surface area (Å²) in [7, 11) is 0. The number of anilines is 1. The van der Waals surface area contributed by atoms with Crippen LogP contribution in [0.2, 0.25) is 0 Å².